The van der Waals surface area contributed by atoms with Crippen molar-refractivity contribution in [2.45, 2.75) is 32.9 Å². The zero-order valence-electron chi connectivity index (χ0n) is 9.47. The maximum Gasteiger partial charge on any atom is 0.352 e. The number of hydrogen-bond acceptors (Lipinski definition) is 3. The van der Waals surface area contributed by atoms with Crippen molar-refractivity contribution < 1.29 is 19.8 Å². The summed E-state index contributed by atoms with van der Waals surface area (Å²) in [6.45, 7) is 5.32. The van der Waals surface area contributed by atoms with Gasteiger partial charge in [-0.3, -0.25) is 4.79 Å². The molecule has 2 heterocycles. The Hall–Kier alpha value is -1.36. The van der Waals surface area contributed by atoms with Crippen LogP contribution in [0.5, 0.6) is 0 Å². The number of nitrogens with zero attached hydrogens (tertiary/aromatic N) is 1. The van der Waals surface area contributed by atoms with Crippen LogP contribution in [0, 0.1) is 11.3 Å². The van der Waals surface area contributed by atoms with E-state index < -0.39 is 23.4 Å². The van der Waals surface area contributed by atoms with Crippen LogP contribution in [0.3, 0.4) is 0 Å². The molecule has 0 aliphatic carbocycles. The first-order valence-electron chi connectivity index (χ1n) is 5.24. The maximum atomic E-state index is 11.7. The molecule has 5 nitrogen and oxygen atoms in total. The van der Waals surface area contributed by atoms with Crippen LogP contribution >= 0.6 is 0 Å². The van der Waals surface area contributed by atoms with Gasteiger partial charge in [-0.2, -0.15) is 0 Å². The predicted octanol–water partition coefficient (Wildman–Crippen LogP) is 0.202. The number of carboxylic acid groups (broad SMARTS) is 1. The minimum Gasteiger partial charge on any atom is -0.477 e. The fourth-order valence-electron chi connectivity index (χ4n) is 2.72. The summed E-state index contributed by atoms with van der Waals surface area (Å²) < 4.78 is 0. The van der Waals surface area contributed by atoms with Crippen LogP contribution < -0.4 is 0 Å². The van der Waals surface area contributed by atoms with Gasteiger partial charge < -0.3 is 15.1 Å². The number of aliphatic hydroxyl groups excluding tert-OH is 1. The molecular formula is C11H15NO4. The molecule has 1 unspecified atom stereocenters. The van der Waals surface area contributed by atoms with Crippen LogP contribution in [0.1, 0.15) is 20.8 Å². The molecule has 2 aliphatic rings. The number of β-lactam (4-membered cyclic amide) rings is 1. The van der Waals surface area contributed by atoms with Crippen LogP contribution in [0.15, 0.2) is 11.8 Å². The Morgan fingerprint density at radius 2 is 2.12 bits per heavy atom. The van der Waals surface area contributed by atoms with Gasteiger partial charge in [-0.25, -0.2) is 4.79 Å². The van der Waals surface area contributed by atoms with Gasteiger partial charge in [0.1, 0.15) is 5.70 Å². The van der Waals surface area contributed by atoms with Crippen LogP contribution in [0.4, 0.5) is 0 Å². The van der Waals surface area contributed by atoms with Crippen molar-refractivity contribution in [3.8, 4) is 0 Å². The molecule has 2 aliphatic heterocycles. The molecular weight excluding hydrogens is 210 g/mol. The van der Waals surface area contributed by atoms with E-state index in [0.29, 0.717) is 0 Å². The van der Waals surface area contributed by atoms with Gasteiger partial charge in [0.2, 0.25) is 5.91 Å². The highest BCUT2D eigenvalue weighted by molar-refractivity contribution is 5.99. The van der Waals surface area contributed by atoms with E-state index in [1.165, 1.54) is 4.90 Å². The Morgan fingerprint density at radius 1 is 1.56 bits per heavy atom. The standard InChI is InChI=1S/C11H15NO4/c1-5(13)7-8-11(2,3)4-6(10(15)16)12(8)9(7)14/h4-5,7-8,13H,1-3H3,(H,15,16)/t5-,7?,8+/m1/s1. The molecule has 3 atom stereocenters. The zero-order valence-corrected chi connectivity index (χ0v) is 9.47. The van der Waals surface area contributed by atoms with Crippen molar-refractivity contribution in [2.24, 2.45) is 11.3 Å². The van der Waals surface area contributed by atoms with Crippen molar-refractivity contribution in [3.63, 3.8) is 0 Å². The SMILES string of the molecule is C[C@@H](O)C1C(=O)N2C(C(=O)O)=CC(C)(C)[C@H]12. The van der Waals surface area contributed by atoms with Gasteiger partial charge in [-0.05, 0) is 13.0 Å². The number of rotatable bonds is 2. The minimum absolute atomic E-state index is 0.0388. The Kier molecular flexibility index (Phi) is 2.14. The third-order valence-corrected chi connectivity index (χ3v) is 3.41. The van der Waals surface area contributed by atoms with Gasteiger partial charge >= 0.3 is 5.97 Å². The number of fused-ring (bicyclic) bond motifs is 1. The number of carboxylic acids is 1. The fraction of sp³-hybridized carbons (Fsp3) is 0.636. The van der Waals surface area contributed by atoms with Crippen LogP contribution in [-0.2, 0) is 9.59 Å². The van der Waals surface area contributed by atoms with E-state index in [9.17, 15) is 14.7 Å². The summed E-state index contributed by atoms with van der Waals surface area (Å²) >= 11 is 0. The summed E-state index contributed by atoms with van der Waals surface area (Å²) in [6.07, 6.45) is 0.856. The molecule has 0 radical (unpaired) electrons. The molecule has 0 spiro atoms. The lowest BCUT2D eigenvalue weighted by atomic mass is 9.71. The first-order valence-corrected chi connectivity index (χ1v) is 5.24. The van der Waals surface area contributed by atoms with E-state index in [1.54, 1.807) is 13.0 Å². The average molecular weight is 225 g/mol. The van der Waals surface area contributed by atoms with Gasteiger partial charge in [0.25, 0.3) is 0 Å². The molecule has 5 heteroatoms. The Labute approximate surface area is 93.4 Å². The first-order chi connectivity index (χ1) is 7.27. The molecule has 0 aromatic rings. The van der Waals surface area contributed by atoms with Crippen LogP contribution in [-0.4, -0.2) is 39.1 Å². The highest BCUT2D eigenvalue weighted by Gasteiger charge is 2.61. The van der Waals surface area contributed by atoms with Gasteiger partial charge in [0.15, 0.2) is 0 Å². The molecule has 16 heavy (non-hydrogen) atoms. The third kappa shape index (κ3) is 1.21. The van der Waals surface area contributed by atoms with E-state index >= 15 is 0 Å². The number of aliphatic hydroxyl groups is 1. The second kappa shape index (κ2) is 3.07. The summed E-state index contributed by atoms with van der Waals surface area (Å²) in [6, 6.07) is -0.230. The number of aliphatic carboxylic acids is 1. The third-order valence-electron chi connectivity index (χ3n) is 3.41. The first kappa shape index (κ1) is 11.1. The monoisotopic (exact) mass is 225 g/mol. The van der Waals surface area contributed by atoms with Crippen LogP contribution in [0.2, 0.25) is 0 Å². The lowest BCUT2D eigenvalue weighted by Gasteiger charge is -2.49. The number of carbonyl (C=O) groups is 2. The Morgan fingerprint density at radius 3 is 2.56 bits per heavy atom. The predicted molar refractivity (Wildman–Crippen MR) is 55.3 cm³/mol. The van der Waals surface area contributed by atoms with E-state index in [1.807, 2.05) is 13.8 Å². The number of amides is 1. The molecule has 0 bridgehead atoms. The largest absolute Gasteiger partial charge is 0.477 e. The Balaban J connectivity index is 2.36. The van der Waals surface area contributed by atoms with E-state index in [0.717, 1.165) is 0 Å². The van der Waals surface area contributed by atoms with Crippen molar-refractivity contribution >= 4 is 11.9 Å². The summed E-state index contributed by atoms with van der Waals surface area (Å²) in [5.74, 6) is -1.87. The topological polar surface area (TPSA) is 77.8 Å². The van der Waals surface area contributed by atoms with Crippen molar-refractivity contribution in [1.29, 1.82) is 0 Å². The summed E-state index contributed by atoms with van der Waals surface area (Å²) in [5, 5.41) is 18.5. The molecule has 2 N–H and O–H groups in total. The molecule has 1 fully saturated rings. The maximum absolute atomic E-state index is 11.7. The highest BCUT2D eigenvalue weighted by Crippen LogP contribution is 2.49. The fourth-order valence-corrected chi connectivity index (χ4v) is 2.72. The smallest absolute Gasteiger partial charge is 0.352 e. The number of carbonyl (C=O) groups excluding carboxylic acids is 1. The van der Waals surface area contributed by atoms with Crippen molar-refractivity contribution in [3.05, 3.63) is 11.8 Å². The molecule has 0 aromatic carbocycles. The Bertz CT molecular complexity index is 397. The second-order valence-corrected chi connectivity index (χ2v) is 5.08. The van der Waals surface area contributed by atoms with Gasteiger partial charge in [-0.15, -0.1) is 0 Å². The van der Waals surface area contributed by atoms with Gasteiger partial charge in [0.05, 0.1) is 18.1 Å². The van der Waals surface area contributed by atoms with Crippen LogP contribution in [0.25, 0.3) is 0 Å². The summed E-state index contributed by atoms with van der Waals surface area (Å²) in [7, 11) is 0. The normalized spacial score (nSPS) is 32.9. The average Bonchev–Trinajstić information content (AvgIpc) is 2.33. The van der Waals surface area contributed by atoms with Gasteiger partial charge in [-0.1, -0.05) is 13.8 Å². The molecule has 88 valence electrons. The molecule has 2 rings (SSSR count). The second-order valence-electron chi connectivity index (χ2n) is 5.08. The van der Waals surface area contributed by atoms with Gasteiger partial charge in [0, 0.05) is 5.41 Å². The molecule has 0 aromatic heterocycles. The minimum atomic E-state index is -1.09. The van der Waals surface area contributed by atoms with E-state index in [4.69, 9.17) is 5.11 Å². The van der Waals surface area contributed by atoms with E-state index in [2.05, 4.69) is 0 Å². The highest BCUT2D eigenvalue weighted by atomic mass is 16.4. The number of hydrogen-bond donors (Lipinski definition) is 2. The molecule has 1 amide bonds. The quantitative estimate of drug-likeness (QED) is 0.658. The summed E-state index contributed by atoms with van der Waals surface area (Å²) in [4.78, 5) is 24.0. The van der Waals surface area contributed by atoms with Crippen molar-refractivity contribution in [1.82, 2.24) is 4.90 Å². The summed E-state index contributed by atoms with van der Waals surface area (Å²) in [5.41, 5.74) is -0.361. The zero-order chi connectivity index (χ0) is 12.2. The van der Waals surface area contributed by atoms with Crippen molar-refractivity contribution in [2.75, 3.05) is 0 Å². The lowest BCUT2D eigenvalue weighted by Crippen LogP contribution is -2.65. The molecule has 1 saturated heterocycles. The lowest BCUT2D eigenvalue weighted by molar-refractivity contribution is -0.166. The van der Waals surface area contributed by atoms with E-state index in [-0.39, 0.29) is 17.6 Å². The molecule has 0 saturated carbocycles.